The third-order valence-corrected chi connectivity index (χ3v) is 10.0. The molecule has 1 aliphatic heterocycles. The Balaban J connectivity index is 1.69. The topological polar surface area (TPSA) is 86.0 Å². The Morgan fingerprint density at radius 2 is 1.91 bits per heavy atom. The van der Waals surface area contributed by atoms with Gasteiger partial charge in [-0.2, -0.15) is 0 Å². The lowest BCUT2D eigenvalue weighted by atomic mass is 9.38. The Labute approximate surface area is 201 Å². The van der Waals surface area contributed by atoms with E-state index in [-0.39, 0.29) is 34.6 Å². The second-order valence-corrected chi connectivity index (χ2v) is 12.1. The van der Waals surface area contributed by atoms with Crippen molar-refractivity contribution in [2.45, 2.75) is 79.1 Å². The number of ether oxygens (including phenoxy) is 2. The Morgan fingerprint density at radius 1 is 1.18 bits per heavy atom. The number of rotatable bonds is 2. The molecule has 0 saturated heterocycles. The Bertz CT molecular complexity index is 1070. The number of aliphatic hydroxyl groups excluding tert-OH is 1. The smallest absolute Gasteiger partial charge is 0.331 e. The van der Waals surface area contributed by atoms with Gasteiger partial charge < -0.3 is 19.0 Å². The first kappa shape index (κ1) is 23.4. The molecule has 1 aromatic rings. The highest BCUT2D eigenvalue weighted by molar-refractivity contribution is 5.85. The van der Waals surface area contributed by atoms with Crippen molar-refractivity contribution in [1.82, 2.24) is 0 Å². The molecule has 0 bridgehead atoms. The second-order valence-electron chi connectivity index (χ2n) is 12.1. The van der Waals surface area contributed by atoms with Gasteiger partial charge in [0.2, 0.25) is 0 Å². The van der Waals surface area contributed by atoms with E-state index in [4.69, 9.17) is 13.9 Å². The summed E-state index contributed by atoms with van der Waals surface area (Å²) in [6.07, 6.45) is 9.95. The first-order valence-electron chi connectivity index (χ1n) is 12.3. The molecular weight excluding hydrogens is 432 g/mol. The number of aliphatic hydroxyl groups is 1. The molecule has 184 valence electrons. The van der Waals surface area contributed by atoms with Gasteiger partial charge in [-0.3, -0.25) is 4.79 Å². The highest BCUT2D eigenvalue weighted by atomic mass is 16.6. The second kappa shape index (κ2) is 7.33. The predicted molar refractivity (Wildman–Crippen MR) is 125 cm³/mol. The molecule has 1 N–H and O–H groups in total. The highest BCUT2D eigenvalue weighted by Gasteiger charge is 2.68. The number of fused-ring (bicyclic) bond motifs is 5. The van der Waals surface area contributed by atoms with Crippen LogP contribution in [0.25, 0.3) is 0 Å². The maximum Gasteiger partial charge on any atom is 0.331 e. The van der Waals surface area contributed by atoms with E-state index in [1.807, 2.05) is 12.1 Å². The van der Waals surface area contributed by atoms with Gasteiger partial charge in [-0.05, 0) is 53.6 Å². The van der Waals surface area contributed by atoms with Crippen LogP contribution in [-0.4, -0.2) is 29.3 Å². The van der Waals surface area contributed by atoms with Crippen molar-refractivity contribution < 1.29 is 28.6 Å². The Morgan fingerprint density at radius 3 is 2.56 bits per heavy atom. The molecule has 5 rings (SSSR count). The van der Waals surface area contributed by atoms with Crippen LogP contribution in [0.15, 0.2) is 46.8 Å². The van der Waals surface area contributed by atoms with Gasteiger partial charge in [-0.1, -0.05) is 46.8 Å². The fourth-order valence-electron chi connectivity index (χ4n) is 8.30. The number of esters is 2. The van der Waals surface area contributed by atoms with E-state index in [1.54, 1.807) is 18.6 Å². The maximum atomic E-state index is 12.9. The minimum absolute atomic E-state index is 0.118. The van der Waals surface area contributed by atoms with Crippen molar-refractivity contribution in [3.05, 3.63) is 48.0 Å². The predicted octanol–water partition coefficient (Wildman–Crippen LogP) is 5.14. The third-order valence-electron chi connectivity index (χ3n) is 10.0. The van der Waals surface area contributed by atoms with E-state index in [2.05, 4.69) is 40.7 Å². The van der Waals surface area contributed by atoms with Crippen LogP contribution in [-0.2, 0) is 19.1 Å². The lowest BCUT2D eigenvalue weighted by Gasteiger charge is -2.68. The summed E-state index contributed by atoms with van der Waals surface area (Å²) in [5, 5.41) is 10.8. The summed E-state index contributed by atoms with van der Waals surface area (Å²) >= 11 is 0. The molecule has 0 aromatic carbocycles. The maximum absolute atomic E-state index is 12.9. The normalized spacial score (nSPS) is 44.7. The van der Waals surface area contributed by atoms with Crippen LogP contribution in [0.1, 0.15) is 72.5 Å². The van der Waals surface area contributed by atoms with Gasteiger partial charge in [-0.15, -0.1) is 0 Å². The Kier molecular flexibility index (Phi) is 5.05. The van der Waals surface area contributed by atoms with Crippen molar-refractivity contribution in [1.29, 1.82) is 0 Å². The summed E-state index contributed by atoms with van der Waals surface area (Å²) in [6.45, 7) is 12.3. The van der Waals surface area contributed by atoms with Crippen LogP contribution in [0.2, 0.25) is 0 Å². The molecule has 34 heavy (non-hydrogen) atoms. The van der Waals surface area contributed by atoms with Gasteiger partial charge in [0.15, 0.2) is 0 Å². The largest absolute Gasteiger partial charge is 0.472 e. The van der Waals surface area contributed by atoms with Gasteiger partial charge in [0.1, 0.15) is 12.2 Å². The fraction of sp³-hybridized carbons (Fsp3) is 0.643. The van der Waals surface area contributed by atoms with Crippen molar-refractivity contribution >= 4 is 11.9 Å². The van der Waals surface area contributed by atoms with Crippen LogP contribution in [0, 0.1) is 33.5 Å². The van der Waals surface area contributed by atoms with Crippen molar-refractivity contribution in [2.24, 2.45) is 33.5 Å². The molecule has 2 saturated carbocycles. The molecule has 0 spiro atoms. The fourth-order valence-corrected chi connectivity index (χ4v) is 8.30. The minimum Gasteiger partial charge on any atom is -0.472 e. The molecule has 2 heterocycles. The molecule has 6 heteroatoms. The van der Waals surface area contributed by atoms with Crippen molar-refractivity contribution in [2.75, 3.05) is 0 Å². The van der Waals surface area contributed by atoms with E-state index in [1.165, 1.54) is 6.92 Å². The number of hydrogen-bond acceptors (Lipinski definition) is 6. The van der Waals surface area contributed by atoms with Crippen LogP contribution in [0.4, 0.5) is 0 Å². The van der Waals surface area contributed by atoms with Crippen LogP contribution in [0.5, 0.6) is 0 Å². The molecule has 3 aliphatic carbocycles. The van der Waals surface area contributed by atoms with Gasteiger partial charge in [0.25, 0.3) is 0 Å². The monoisotopic (exact) mass is 468 g/mol. The van der Waals surface area contributed by atoms with E-state index in [0.717, 1.165) is 24.0 Å². The summed E-state index contributed by atoms with van der Waals surface area (Å²) in [6, 6.07) is 1.86. The molecule has 1 aromatic heterocycles. The highest BCUT2D eigenvalue weighted by Crippen LogP contribution is 2.72. The summed E-state index contributed by atoms with van der Waals surface area (Å²) in [4.78, 5) is 25.3. The lowest BCUT2D eigenvalue weighted by molar-refractivity contribution is -0.201. The van der Waals surface area contributed by atoms with Crippen LogP contribution >= 0.6 is 0 Å². The SMILES string of the molecule is CC(=O)OC1CC2C(C)(C)C(O)C=C[C@@]2(C)C2CC[C@]3(C)C(=CC(=O)OC3c3ccoc3)[C@]12C. The number of carbonyl (C=O) groups is 2. The number of cyclic esters (lactones) is 1. The first-order chi connectivity index (χ1) is 15.8. The molecule has 0 amide bonds. The number of carbonyl (C=O) groups excluding carboxylic acids is 2. The first-order valence-corrected chi connectivity index (χ1v) is 12.3. The molecule has 0 radical (unpaired) electrons. The van der Waals surface area contributed by atoms with E-state index >= 15 is 0 Å². The molecule has 8 atom stereocenters. The van der Waals surface area contributed by atoms with E-state index in [9.17, 15) is 14.7 Å². The molecule has 5 unspecified atom stereocenters. The number of furan rings is 1. The van der Waals surface area contributed by atoms with Crippen LogP contribution in [0.3, 0.4) is 0 Å². The molecular formula is C28H36O6. The zero-order chi connectivity index (χ0) is 24.7. The molecule has 6 nitrogen and oxygen atoms in total. The number of allylic oxidation sites excluding steroid dienone is 1. The zero-order valence-corrected chi connectivity index (χ0v) is 21.0. The molecule has 4 aliphatic rings. The quantitative estimate of drug-likeness (QED) is 0.478. The lowest BCUT2D eigenvalue weighted by Crippen LogP contribution is -2.65. The van der Waals surface area contributed by atoms with E-state index in [0.29, 0.717) is 6.42 Å². The third kappa shape index (κ3) is 2.96. The summed E-state index contributed by atoms with van der Waals surface area (Å²) in [5.41, 5.74) is 0.245. The minimum atomic E-state index is -0.561. The van der Waals surface area contributed by atoms with Gasteiger partial charge >= 0.3 is 11.9 Å². The summed E-state index contributed by atoms with van der Waals surface area (Å²) in [5.74, 6) is -0.450. The van der Waals surface area contributed by atoms with Gasteiger partial charge in [-0.25, -0.2) is 4.79 Å². The summed E-state index contributed by atoms with van der Waals surface area (Å²) < 4.78 is 17.3. The zero-order valence-electron chi connectivity index (χ0n) is 21.0. The number of hydrogen-bond donors (Lipinski definition) is 1. The Hall–Kier alpha value is -2.34. The van der Waals surface area contributed by atoms with Gasteiger partial charge in [0, 0.05) is 29.4 Å². The standard InChI is InChI=1S/C28H36O6/c1-16(29)33-22-13-19-25(2,3)21(30)8-11-26(19,4)18-7-10-27(5)20(28(18,22)6)14-23(31)34-24(27)17-9-12-32-15-17/h8-9,11-12,14-15,18-19,21-22,24,30H,7,10,13H2,1-6H3/t18?,19?,21?,22?,24?,26-,27+,28+/m0/s1. The van der Waals surface area contributed by atoms with Gasteiger partial charge in [0.05, 0.1) is 18.6 Å². The van der Waals surface area contributed by atoms with Crippen molar-refractivity contribution in [3.63, 3.8) is 0 Å². The van der Waals surface area contributed by atoms with Crippen LogP contribution < -0.4 is 0 Å². The summed E-state index contributed by atoms with van der Waals surface area (Å²) in [7, 11) is 0. The van der Waals surface area contributed by atoms with Crippen molar-refractivity contribution in [3.8, 4) is 0 Å². The average Bonchev–Trinajstić information content (AvgIpc) is 3.28. The molecule has 2 fully saturated rings. The van der Waals surface area contributed by atoms with E-state index < -0.39 is 29.1 Å². The average molecular weight is 469 g/mol.